The van der Waals surface area contributed by atoms with Gasteiger partial charge in [0.1, 0.15) is 11.4 Å². The van der Waals surface area contributed by atoms with Crippen LogP contribution in [0, 0.1) is 0 Å². The minimum Gasteiger partial charge on any atom is -0.508 e. The van der Waals surface area contributed by atoms with Gasteiger partial charge in [0.25, 0.3) is 5.91 Å². The Balaban J connectivity index is 2.18. The molecule has 1 aromatic carbocycles. The normalized spacial score (nSPS) is 10.8. The Bertz CT molecular complexity index is 479. The second kappa shape index (κ2) is 7.49. The maximum absolute atomic E-state index is 11.7. The number of carbonyl (C=O) groups is 2. The highest BCUT2D eigenvalue weighted by molar-refractivity contribution is 5.94. The van der Waals surface area contributed by atoms with E-state index in [0.717, 1.165) is 0 Å². The van der Waals surface area contributed by atoms with Crippen molar-refractivity contribution in [3.8, 4) is 5.75 Å². The largest absolute Gasteiger partial charge is 0.508 e. The highest BCUT2D eigenvalue weighted by Gasteiger charge is 2.15. The summed E-state index contributed by atoms with van der Waals surface area (Å²) in [4.78, 5) is 27.8. The van der Waals surface area contributed by atoms with E-state index in [0.29, 0.717) is 5.56 Å². The molecular formula is C14H20N2O5. The minimum absolute atomic E-state index is 0.0939. The standard InChI is InChI=1S/C14H20N2O5/c1-14(2,3)21-13(19)16-20-9-8-15-12(18)10-4-6-11(17)7-5-10/h4-7,17H,8-9H2,1-3H3,(H,15,18)(H,16,19). The van der Waals surface area contributed by atoms with E-state index in [2.05, 4.69) is 10.8 Å². The molecule has 0 radical (unpaired) electrons. The van der Waals surface area contributed by atoms with E-state index >= 15 is 0 Å². The molecule has 0 aromatic heterocycles. The SMILES string of the molecule is CC(C)(C)OC(=O)NOCCNC(=O)c1ccc(O)cc1. The molecule has 0 heterocycles. The number of carbonyl (C=O) groups excluding carboxylic acids is 2. The Morgan fingerprint density at radius 3 is 2.38 bits per heavy atom. The number of phenolic OH excluding ortho intramolecular Hbond substituents is 1. The Kier molecular flexibility index (Phi) is 5.98. The predicted octanol–water partition coefficient (Wildman–Crippen LogP) is 1.58. The highest BCUT2D eigenvalue weighted by atomic mass is 16.7. The second-order valence-electron chi connectivity index (χ2n) is 5.26. The number of hydroxylamine groups is 1. The molecule has 3 N–H and O–H groups in total. The predicted molar refractivity (Wildman–Crippen MR) is 75.8 cm³/mol. The molecule has 0 spiro atoms. The second-order valence-corrected chi connectivity index (χ2v) is 5.26. The Morgan fingerprint density at radius 2 is 1.81 bits per heavy atom. The highest BCUT2D eigenvalue weighted by Crippen LogP contribution is 2.09. The van der Waals surface area contributed by atoms with Crippen LogP contribution in [-0.2, 0) is 9.57 Å². The first-order valence-corrected chi connectivity index (χ1v) is 6.46. The molecular weight excluding hydrogens is 276 g/mol. The third kappa shape index (κ3) is 7.17. The number of hydrogen-bond donors (Lipinski definition) is 3. The molecule has 0 aliphatic carbocycles. The molecule has 0 aliphatic rings. The zero-order valence-electron chi connectivity index (χ0n) is 12.3. The van der Waals surface area contributed by atoms with Gasteiger partial charge < -0.3 is 15.2 Å². The average molecular weight is 296 g/mol. The molecule has 1 aromatic rings. The Hall–Kier alpha value is -2.28. The zero-order chi connectivity index (χ0) is 15.9. The summed E-state index contributed by atoms with van der Waals surface area (Å²) in [6.07, 6.45) is -0.688. The van der Waals surface area contributed by atoms with Gasteiger partial charge in [0, 0.05) is 12.1 Å². The quantitative estimate of drug-likeness (QED) is 0.566. The van der Waals surface area contributed by atoms with Crippen molar-refractivity contribution in [3.63, 3.8) is 0 Å². The topological polar surface area (TPSA) is 96.9 Å². The number of rotatable bonds is 5. The van der Waals surface area contributed by atoms with Gasteiger partial charge in [0.05, 0.1) is 6.61 Å². The van der Waals surface area contributed by atoms with E-state index in [1.54, 1.807) is 20.8 Å². The monoisotopic (exact) mass is 296 g/mol. The van der Waals surface area contributed by atoms with Gasteiger partial charge in [-0.1, -0.05) is 0 Å². The third-order valence-corrected chi connectivity index (χ3v) is 2.17. The van der Waals surface area contributed by atoms with Crippen LogP contribution < -0.4 is 10.8 Å². The van der Waals surface area contributed by atoms with Gasteiger partial charge in [-0.05, 0) is 45.0 Å². The van der Waals surface area contributed by atoms with Crippen LogP contribution in [0.25, 0.3) is 0 Å². The summed E-state index contributed by atoms with van der Waals surface area (Å²) in [5, 5.41) is 11.7. The third-order valence-electron chi connectivity index (χ3n) is 2.17. The first kappa shape index (κ1) is 16.8. The summed E-state index contributed by atoms with van der Waals surface area (Å²) < 4.78 is 4.96. The number of benzene rings is 1. The van der Waals surface area contributed by atoms with Crippen LogP contribution in [0.5, 0.6) is 5.75 Å². The number of aromatic hydroxyl groups is 1. The van der Waals surface area contributed by atoms with Crippen molar-refractivity contribution < 1.29 is 24.3 Å². The summed E-state index contributed by atoms with van der Waals surface area (Å²) in [6, 6.07) is 5.86. The van der Waals surface area contributed by atoms with E-state index in [1.165, 1.54) is 24.3 Å². The summed E-state index contributed by atoms with van der Waals surface area (Å²) in [6.45, 7) is 5.54. The summed E-state index contributed by atoms with van der Waals surface area (Å²) in [7, 11) is 0. The van der Waals surface area contributed by atoms with E-state index in [4.69, 9.17) is 14.7 Å². The van der Waals surface area contributed by atoms with Gasteiger partial charge in [0.2, 0.25) is 0 Å². The molecule has 0 fully saturated rings. The van der Waals surface area contributed by atoms with Crippen LogP contribution in [0.4, 0.5) is 4.79 Å². The smallest absolute Gasteiger partial charge is 0.431 e. The Labute approximate surface area is 123 Å². The molecule has 0 aliphatic heterocycles. The lowest BCUT2D eigenvalue weighted by Gasteiger charge is -2.19. The lowest BCUT2D eigenvalue weighted by atomic mass is 10.2. The lowest BCUT2D eigenvalue weighted by molar-refractivity contribution is -0.00647. The molecule has 0 bridgehead atoms. The number of phenols is 1. The number of nitrogens with one attached hydrogen (secondary N) is 2. The van der Waals surface area contributed by atoms with E-state index in [1.807, 2.05) is 0 Å². The molecule has 2 amide bonds. The van der Waals surface area contributed by atoms with Gasteiger partial charge in [-0.3, -0.25) is 9.63 Å². The minimum atomic E-state index is -0.688. The first-order chi connectivity index (χ1) is 9.78. The van der Waals surface area contributed by atoms with Crippen molar-refractivity contribution >= 4 is 12.0 Å². The average Bonchev–Trinajstić information content (AvgIpc) is 2.36. The molecule has 0 atom stereocenters. The fourth-order valence-electron chi connectivity index (χ4n) is 1.34. The maximum Gasteiger partial charge on any atom is 0.431 e. The first-order valence-electron chi connectivity index (χ1n) is 6.46. The van der Waals surface area contributed by atoms with Crippen molar-refractivity contribution in [2.45, 2.75) is 26.4 Å². The van der Waals surface area contributed by atoms with E-state index in [-0.39, 0.29) is 24.8 Å². The van der Waals surface area contributed by atoms with Crippen LogP contribution in [0.15, 0.2) is 24.3 Å². The fraction of sp³-hybridized carbons (Fsp3) is 0.429. The molecule has 0 saturated carbocycles. The molecule has 7 heteroatoms. The summed E-state index contributed by atoms with van der Waals surface area (Å²) in [5.74, 6) is -0.202. The molecule has 0 saturated heterocycles. The van der Waals surface area contributed by atoms with Gasteiger partial charge >= 0.3 is 6.09 Å². The van der Waals surface area contributed by atoms with Crippen LogP contribution in [-0.4, -0.2) is 35.9 Å². The van der Waals surface area contributed by atoms with Crippen molar-refractivity contribution in [3.05, 3.63) is 29.8 Å². The van der Waals surface area contributed by atoms with Crippen molar-refractivity contribution in [1.29, 1.82) is 0 Å². The number of hydrogen-bond acceptors (Lipinski definition) is 5. The molecule has 116 valence electrons. The van der Waals surface area contributed by atoms with Crippen molar-refractivity contribution in [2.24, 2.45) is 0 Å². The van der Waals surface area contributed by atoms with Gasteiger partial charge in [-0.25, -0.2) is 4.79 Å². The lowest BCUT2D eigenvalue weighted by Crippen LogP contribution is -2.35. The van der Waals surface area contributed by atoms with Gasteiger partial charge in [0.15, 0.2) is 0 Å². The van der Waals surface area contributed by atoms with Gasteiger partial charge in [-0.2, -0.15) is 5.48 Å². The molecule has 7 nitrogen and oxygen atoms in total. The van der Waals surface area contributed by atoms with Gasteiger partial charge in [-0.15, -0.1) is 0 Å². The Morgan fingerprint density at radius 1 is 1.19 bits per heavy atom. The maximum atomic E-state index is 11.7. The molecule has 1 rings (SSSR count). The van der Waals surface area contributed by atoms with Crippen molar-refractivity contribution in [1.82, 2.24) is 10.8 Å². The zero-order valence-corrected chi connectivity index (χ0v) is 12.3. The molecule has 0 unspecified atom stereocenters. The summed E-state index contributed by atoms with van der Waals surface area (Å²) in [5.41, 5.74) is 1.94. The van der Waals surface area contributed by atoms with Crippen LogP contribution in [0.1, 0.15) is 31.1 Å². The fourth-order valence-corrected chi connectivity index (χ4v) is 1.34. The number of ether oxygens (including phenoxy) is 1. The van der Waals surface area contributed by atoms with Crippen molar-refractivity contribution in [2.75, 3.05) is 13.2 Å². The van der Waals surface area contributed by atoms with Crippen LogP contribution in [0.3, 0.4) is 0 Å². The molecule has 21 heavy (non-hydrogen) atoms. The van der Waals surface area contributed by atoms with E-state index in [9.17, 15) is 9.59 Å². The number of amides is 2. The van der Waals surface area contributed by atoms with Crippen LogP contribution in [0.2, 0.25) is 0 Å². The summed E-state index contributed by atoms with van der Waals surface area (Å²) >= 11 is 0. The van der Waals surface area contributed by atoms with Crippen LogP contribution >= 0.6 is 0 Å². The van der Waals surface area contributed by atoms with E-state index < -0.39 is 11.7 Å².